The van der Waals surface area contributed by atoms with Gasteiger partial charge in [0.1, 0.15) is 25.3 Å². The van der Waals surface area contributed by atoms with Crippen LogP contribution in [0.4, 0.5) is 0 Å². The topological polar surface area (TPSA) is 33.9 Å². The first kappa shape index (κ1) is 11.7. The Morgan fingerprint density at radius 3 is 2.78 bits per heavy atom. The summed E-state index contributed by atoms with van der Waals surface area (Å²) in [6.07, 6.45) is 9.05. The normalized spacial score (nSPS) is 27.1. The van der Waals surface area contributed by atoms with Crippen molar-refractivity contribution in [2.75, 3.05) is 13.2 Å². The van der Waals surface area contributed by atoms with E-state index in [0.29, 0.717) is 12.2 Å². The third-order valence-corrected chi connectivity index (χ3v) is 3.28. The Labute approximate surface area is 106 Å². The van der Waals surface area contributed by atoms with Gasteiger partial charge in [-0.2, -0.15) is 0 Å². The largest absolute Gasteiger partial charge is 0.369 e. The molecule has 3 rings (SSSR count). The number of hydrogen-bond acceptors (Lipinski definition) is 2. The monoisotopic (exact) mass is 247 g/mol. The van der Waals surface area contributed by atoms with Crippen molar-refractivity contribution in [1.82, 2.24) is 4.57 Å². The summed E-state index contributed by atoms with van der Waals surface area (Å²) in [7, 11) is 0. The van der Waals surface area contributed by atoms with E-state index >= 15 is 0 Å². The molecule has 0 N–H and O–H groups in total. The van der Waals surface area contributed by atoms with Gasteiger partial charge in [0.15, 0.2) is 10.7 Å². The van der Waals surface area contributed by atoms with Crippen molar-refractivity contribution >= 4 is 12.7 Å². The molecule has 0 radical (unpaired) electrons. The Hall–Kier alpha value is -1.39. The number of allylic oxidation sites excluding steroid dienone is 2. The quantitative estimate of drug-likeness (QED) is 0.511. The first-order valence-corrected chi connectivity index (χ1v) is 6.41. The average molecular weight is 247 g/mol. The van der Waals surface area contributed by atoms with E-state index in [0.717, 1.165) is 37.0 Å². The number of epoxide rings is 2. The standard InChI is InChI=1S/C14H19N2O2/c1-3-4-5-14-11(2)15(6-12-8-17-12)10-16(14)7-13-9-18-13/h3-5,10,12-13H,2,6-9H2,1H3/q+1. The highest BCUT2D eigenvalue weighted by atomic mass is 16.6. The van der Waals surface area contributed by atoms with Crippen LogP contribution < -0.4 is 15.3 Å². The van der Waals surface area contributed by atoms with Crippen LogP contribution in [-0.2, 0) is 22.6 Å². The fraction of sp³-hybridized carbons (Fsp3) is 0.500. The van der Waals surface area contributed by atoms with Crippen LogP contribution in [0, 0.1) is 0 Å². The fourth-order valence-corrected chi connectivity index (χ4v) is 2.08. The molecular weight excluding hydrogens is 228 g/mol. The van der Waals surface area contributed by atoms with Gasteiger partial charge in [-0.25, -0.2) is 9.13 Å². The van der Waals surface area contributed by atoms with Gasteiger partial charge in [0, 0.05) is 0 Å². The molecule has 2 aliphatic rings. The molecule has 0 saturated carbocycles. The van der Waals surface area contributed by atoms with Crippen LogP contribution in [0.2, 0.25) is 0 Å². The highest BCUT2D eigenvalue weighted by molar-refractivity contribution is 5.32. The third-order valence-electron chi connectivity index (χ3n) is 3.28. The summed E-state index contributed by atoms with van der Waals surface area (Å²) < 4.78 is 15.0. The van der Waals surface area contributed by atoms with E-state index in [1.807, 2.05) is 19.1 Å². The molecule has 4 heteroatoms. The van der Waals surface area contributed by atoms with Crippen molar-refractivity contribution in [2.45, 2.75) is 32.2 Å². The first-order chi connectivity index (χ1) is 8.78. The third kappa shape index (κ3) is 2.54. The average Bonchev–Trinajstić information content (AvgIpc) is 3.22. The number of ether oxygens (including phenoxy) is 2. The van der Waals surface area contributed by atoms with Gasteiger partial charge in [0.05, 0.1) is 13.2 Å². The zero-order chi connectivity index (χ0) is 12.5. The van der Waals surface area contributed by atoms with E-state index in [2.05, 4.69) is 28.1 Å². The van der Waals surface area contributed by atoms with E-state index in [1.165, 1.54) is 0 Å². The molecule has 0 spiro atoms. The molecule has 0 aromatic carbocycles. The summed E-state index contributed by atoms with van der Waals surface area (Å²) in [6.45, 7) is 9.75. The minimum Gasteiger partial charge on any atom is -0.369 e. The predicted octanol–water partition coefficient (Wildman–Crippen LogP) is -0.660. The van der Waals surface area contributed by atoms with Crippen molar-refractivity contribution in [3.63, 3.8) is 0 Å². The molecule has 0 aliphatic carbocycles. The molecule has 96 valence electrons. The van der Waals surface area contributed by atoms with Gasteiger partial charge in [-0.05, 0) is 19.6 Å². The molecule has 2 saturated heterocycles. The maximum atomic E-state index is 5.31. The van der Waals surface area contributed by atoms with Gasteiger partial charge >= 0.3 is 0 Å². The minimum atomic E-state index is 0.373. The lowest BCUT2D eigenvalue weighted by Crippen LogP contribution is -2.53. The SMILES string of the molecule is C=c1c(=CC=CC)[n+](CC2CO2)cn1CC1CO1. The molecule has 1 aromatic heterocycles. The lowest BCUT2D eigenvalue weighted by molar-refractivity contribution is -0.709. The van der Waals surface area contributed by atoms with Crippen molar-refractivity contribution in [2.24, 2.45) is 0 Å². The van der Waals surface area contributed by atoms with Crippen LogP contribution in [0.5, 0.6) is 0 Å². The highest BCUT2D eigenvalue weighted by Crippen LogP contribution is 2.10. The molecule has 2 fully saturated rings. The summed E-state index contributed by atoms with van der Waals surface area (Å²) in [5.41, 5.74) is 0. The van der Waals surface area contributed by atoms with Crippen molar-refractivity contribution in [3.8, 4) is 0 Å². The molecule has 18 heavy (non-hydrogen) atoms. The number of rotatable bonds is 5. The van der Waals surface area contributed by atoms with Crippen LogP contribution in [0.25, 0.3) is 12.7 Å². The molecule has 2 unspecified atom stereocenters. The van der Waals surface area contributed by atoms with Gasteiger partial charge in [-0.3, -0.25) is 0 Å². The molecule has 2 atom stereocenters. The maximum absolute atomic E-state index is 5.31. The second-order valence-electron chi connectivity index (χ2n) is 4.86. The minimum absolute atomic E-state index is 0.373. The lowest BCUT2D eigenvalue weighted by Gasteiger charge is -1.91. The molecule has 4 nitrogen and oxygen atoms in total. The van der Waals surface area contributed by atoms with Crippen molar-refractivity contribution < 1.29 is 14.0 Å². The lowest BCUT2D eigenvalue weighted by atomic mass is 10.4. The zero-order valence-corrected chi connectivity index (χ0v) is 10.7. The van der Waals surface area contributed by atoms with Crippen LogP contribution in [-0.4, -0.2) is 30.0 Å². The van der Waals surface area contributed by atoms with Gasteiger partial charge in [-0.15, -0.1) is 0 Å². The van der Waals surface area contributed by atoms with Crippen LogP contribution in [0.3, 0.4) is 0 Å². The Morgan fingerprint density at radius 1 is 1.44 bits per heavy atom. The summed E-state index contributed by atoms with van der Waals surface area (Å²) in [6, 6.07) is 0. The van der Waals surface area contributed by atoms with E-state index in [4.69, 9.17) is 9.47 Å². The second kappa shape index (κ2) is 4.71. The number of imidazole rings is 1. The second-order valence-corrected chi connectivity index (χ2v) is 4.86. The van der Waals surface area contributed by atoms with Gasteiger partial charge in [0.25, 0.3) is 0 Å². The number of nitrogens with zero attached hydrogens (tertiary/aromatic N) is 2. The molecule has 3 heterocycles. The fourth-order valence-electron chi connectivity index (χ4n) is 2.08. The summed E-state index contributed by atoms with van der Waals surface area (Å²) in [5, 5.41) is 2.20. The Balaban J connectivity index is 1.95. The molecule has 0 amide bonds. The number of aromatic nitrogens is 2. The Morgan fingerprint density at radius 2 is 2.17 bits per heavy atom. The number of hydrogen-bond donors (Lipinski definition) is 0. The molecule has 2 aliphatic heterocycles. The highest BCUT2D eigenvalue weighted by Gasteiger charge is 2.29. The van der Waals surface area contributed by atoms with Crippen molar-refractivity contribution in [1.29, 1.82) is 0 Å². The molecule has 1 aromatic rings. The Kier molecular flexibility index (Phi) is 3.06. The van der Waals surface area contributed by atoms with E-state index in [9.17, 15) is 0 Å². The summed E-state index contributed by atoms with van der Waals surface area (Å²) >= 11 is 0. The van der Waals surface area contributed by atoms with E-state index < -0.39 is 0 Å². The first-order valence-electron chi connectivity index (χ1n) is 6.41. The van der Waals surface area contributed by atoms with E-state index in [-0.39, 0.29) is 0 Å². The Bertz CT molecular complexity index is 565. The van der Waals surface area contributed by atoms with Crippen molar-refractivity contribution in [3.05, 3.63) is 29.2 Å². The van der Waals surface area contributed by atoms with E-state index in [1.54, 1.807) is 0 Å². The zero-order valence-electron chi connectivity index (χ0n) is 10.7. The summed E-state index contributed by atoms with van der Waals surface area (Å²) in [5.74, 6) is 0. The molecular formula is C14H19N2O2+. The van der Waals surface area contributed by atoms with Crippen LogP contribution in [0.15, 0.2) is 18.5 Å². The van der Waals surface area contributed by atoms with Crippen LogP contribution >= 0.6 is 0 Å². The van der Waals surface area contributed by atoms with Gasteiger partial charge in [0.2, 0.25) is 6.33 Å². The molecule has 0 bridgehead atoms. The maximum Gasteiger partial charge on any atom is 0.244 e. The predicted molar refractivity (Wildman–Crippen MR) is 68.2 cm³/mol. The van der Waals surface area contributed by atoms with Crippen LogP contribution in [0.1, 0.15) is 6.92 Å². The smallest absolute Gasteiger partial charge is 0.244 e. The van der Waals surface area contributed by atoms with Gasteiger partial charge < -0.3 is 9.47 Å². The van der Waals surface area contributed by atoms with Gasteiger partial charge in [-0.1, -0.05) is 12.2 Å². The summed E-state index contributed by atoms with van der Waals surface area (Å²) in [4.78, 5) is 0.